The van der Waals surface area contributed by atoms with Crippen molar-refractivity contribution in [2.24, 2.45) is 22.9 Å². The van der Waals surface area contributed by atoms with Crippen LogP contribution in [-0.4, -0.2) is 102 Å². The summed E-state index contributed by atoms with van der Waals surface area (Å²) in [6.07, 6.45) is 10.1. The molecule has 0 aromatic heterocycles. The average Bonchev–Trinajstić information content (AvgIpc) is 4.06. The Balaban J connectivity index is 1.43. The zero-order valence-corrected chi connectivity index (χ0v) is 35.6. The van der Waals surface area contributed by atoms with Crippen LogP contribution in [0.15, 0.2) is 90.1 Å². The second-order valence-electron chi connectivity index (χ2n) is 17.7. The fourth-order valence-corrected chi connectivity index (χ4v) is 9.65. The molecule has 0 radical (unpaired) electrons. The first-order valence-electron chi connectivity index (χ1n) is 22.0. The molecule has 2 N–H and O–H groups in total. The molecule has 2 heterocycles. The molecule has 2 fully saturated rings. The Morgan fingerprint density at radius 3 is 2.49 bits per heavy atom. The summed E-state index contributed by atoms with van der Waals surface area (Å²) in [5, 5.41) is 26.9. The van der Waals surface area contributed by atoms with Crippen LogP contribution in [0.5, 0.6) is 11.5 Å². The van der Waals surface area contributed by atoms with Crippen molar-refractivity contribution in [3.63, 3.8) is 0 Å². The molecule has 1 saturated heterocycles. The van der Waals surface area contributed by atoms with E-state index in [-0.39, 0.29) is 49.4 Å². The normalized spacial score (nSPS) is 25.4. The molecule has 3 aromatic rings. The minimum absolute atomic E-state index is 0.0917. The van der Waals surface area contributed by atoms with Crippen LogP contribution >= 0.6 is 0 Å². The molecule has 0 unspecified atom stereocenters. The number of nitrogens with zero attached hydrogens (tertiary/aromatic N) is 3. The number of aliphatic hydroxyl groups excluding tert-OH is 2. The van der Waals surface area contributed by atoms with Gasteiger partial charge in [0.1, 0.15) is 29.7 Å². The Morgan fingerprint density at radius 2 is 1.78 bits per heavy atom. The number of carbonyl (C=O) groups is 1. The summed E-state index contributed by atoms with van der Waals surface area (Å²) < 4.78 is 21.0. The number of oxime groups is 1. The highest BCUT2D eigenvalue weighted by molar-refractivity contribution is 6.04. The van der Waals surface area contributed by atoms with Crippen LogP contribution in [0.2, 0.25) is 0 Å². The molecule has 2 aliphatic heterocycles. The molecule has 6 atom stereocenters. The third kappa shape index (κ3) is 9.57. The van der Waals surface area contributed by atoms with E-state index in [1.54, 1.807) is 6.08 Å². The molecular weight excluding hydrogens is 743 g/mol. The van der Waals surface area contributed by atoms with Gasteiger partial charge in [-0.25, -0.2) is 0 Å². The summed E-state index contributed by atoms with van der Waals surface area (Å²) in [6, 6.07) is 19.6. The SMILES string of the molecule is C=CCO[C@@]12Oc3ccc(OCCN4CC4)cc3[C@H]3[C@H](CCCCO)[C@@H](CCCCO)C=C(C(=NOC(C)(C)C)C[C@@H]1N(CCC)C(=O)c1ccc4ccccc4c1)[C@H]32. The zero-order chi connectivity index (χ0) is 41.6. The quantitative estimate of drug-likeness (QED) is 0.0506. The van der Waals surface area contributed by atoms with E-state index >= 15 is 4.79 Å². The zero-order valence-electron chi connectivity index (χ0n) is 35.6. The van der Waals surface area contributed by atoms with Crippen LogP contribution in [-0.2, 0) is 9.57 Å². The largest absolute Gasteiger partial charge is 0.492 e. The number of ether oxygens (including phenoxy) is 3. The topological polar surface area (TPSA) is 113 Å². The van der Waals surface area contributed by atoms with Crippen LogP contribution in [0, 0.1) is 17.8 Å². The predicted octanol–water partition coefficient (Wildman–Crippen LogP) is 8.52. The molecule has 3 aromatic carbocycles. The lowest BCUT2D eigenvalue weighted by molar-refractivity contribution is -0.254. The lowest BCUT2D eigenvalue weighted by Crippen LogP contribution is -2.70. The van der Waals surface area contributed by atoms with Gasteiger partial charge in [0.2, 0.25) is 5.79 Å². The number of fused-ring (bicyclic) bond motifs is 3. The highest BCUT2D eigenvalue weighted by atomic mass is 16.7. The number of carbonyl (C=O) groups excluding carboxylic acids is 1. The molecule has 10 heteroatoms. The van der Waals surface area contributed by atoms with E-state index in [9.17, 15) is 10.2 Å². The summed E-state index contributed by atoms with van der Waals surface area (Å²) in [4.78, 5) is 25.8. The fourth-order valence-electron chi connectivity index (χ4n) is 9.65. The van der Waals surface area contributed by atoms with E-state index in [1.165, 1.54) is 0 Å². The Hall–Kier alpha value is -4.22. The number of hydrogen-bond donors (Lipinski definition) is 2. The highest BCUT2D eigenvalue weighted by Gasteiger charge is 2.65. The molecule has 10 nitrogen and oxygen atoms in total. The van der Waals surface area contributed by atoms with Crippen LogP contribution in [0.3, 0.4) is 0 Å². The van der Waals surface area contributed by atoms with E-state index in [0.29, 0.717) is 31.6 Å². The predicted molar refractivity (Wildman–Crippen MR) is 233 cm³/mol. The van der Waals surface area contributed by atoms with E-state index in [2.05, 4.69) is 36.6 Å². The monoisotopic (exact) mass is 807 g/mol. The van der Waals surface area contributed by atoms with E-state index in [4.69, 9.17) is 24.2 Å². The number of amides is 1. The van der Waals surface area contributed by atoms with E-state index in [0.717, 1.165) is 97.3 Å². The fraction of sp³-hybridized carbons (Fsp3) is 0.551. The summed E-state index contributed by atoms with van der Waals surface area (Å²) >= 11 is 0. The van der Waals surface area contributed by atoms with Crippen LogP contribution < -0.4 is 9.47 Å². The van der Waals surface area contributed by atoms with Gasteiger partial charge in [-0.05, 0) is 111 Å². The molecule has 1 saturated carbocycles. The third-order valence-electron chi connectivity index (χ3n) is 12.4. The molecule has 318 valence electrons. The first kappa shape index (κ1) is 42.9. The van der Waals surface area contributed by atoms with Gasteiger partial charge in [0, 0.05) is 62.9 Å². The van der Waals surface area contributed by atoms with Gasteiger partial charge in [0.15, 0.2) is 0 Å². The van der Waals surface area contributed by atoms with Crippen LogP contribution in [0.4, 0.5) is 0 Å². The van der Waals surface area contributed by atoms with Gasteiger partial charge in [-0.15, -0.1) is 6.58 Å². The summed E-state index contributed by atoms with van der Waals surface area (Å²) in [6.45, 7) is 16.8. The maximum atomic E-state index is 15.2. The molecule has 2 aliphatic carbocycles. The number of allylic oxidation sites excluding steroid dienone is 1. The Kier molecular flexibility index (Phi) is 13.8. The van der Waals surface area contributed by atoms with Crippen molar-refractivity contribution < 1.29 is 34.1 Å². The molecule has 59 heavy (non-hydrogen) atoms. The van der Waals surface area contributed by atoms with Gasteiger partial charge < -0.3 is 34.2 Å². The Bertz CT molecular complexity index is 1990. The van der Waals surface area contributed by atoms with Crippen molar-refractivity contribution >= 4 is 22.4 Å². The van der Waals surface area contributed by atoms with E-state index in [1.807, 2.05) is 74.2 Å². The minimum atomic E-state index is -1.31. The third-order valence-corrected chi connectivity index (χ3v) is 12.4. The highest BCUT2D eigenvalue weighted by Crippen LogP contribution is 2.62. The number of rotatable bonds is 20. The average molecular weight is 808 g/mol. The standard InChI is InChI=1S/C49H65N3O7/c1-6-22-52(47(55)37-19-18-34-14-8-9-15-35(34)30-37)44-33-42(50-59-48(3,4)5)40-31-36(16-10-12-26-53)39(17-11-13-27-54)45-41-32-38(56-29-25-51-23-24-51)20-21-43(41)58-49(44,46(40)45)57-28-7-2/h7-9,14-15,18-21,30-32,36,39,44-46,53-54H,2,6,10-13,16-17,22-29,33H2,1,3-5H3/t36-,39+,44-,45+,46+,49+/m0/s1. The van der Waals surface area contributed by atoms with Gasteiger partial charge in [-0.2, -0.15) is 0 Å². The molecular formula is C49H65N3O7. The summed E-state index contributed by atoms with van der Waals surface area (Å²) in [5.74, 6) is -0.0859. The minimum Gasteiger partial charge on any atom is -0.492 e. The van der Waals surface area contributed by atoms with Gasteiger partial charge >= 0.3 is 0 Å². The number of hydrogen-bond acceptors (Lipinski definition) is 9. The van der Waals surface area contributed by atoms with Gasteiger partial charge in [-0.3, -0.25) is 9.69 Å². The second kappa shape index (κ2) is 19.0. The maximum Gasteiger partial charge on any atom is 0.254 e. The smallest absolute Gasteiger partial charge is 0.254 e. The first-order chi connectivity index (χ1) is 28.6. The Labute approximate surface area is 350 Å². The molecule has 1 amide bonds. The summed E-state index contributed by atoms with van der Waals surface area (Å²) in [5.41, 5.74) is 2.93. The van der Waals surface area contributed by atoms with Gasteiger partial charge in [-0.1, -0.05) is 67.4 Å². The van der Waals surface area contributed by atoms with Crippen molar-refractivity contribution in [2.75, 3.05) is 52.6 Å². The van der Waals surface area contributed by atoms with Crippen molar-refractivity contribution in [3.8, 4) is 11.5 Å². The van der Waals surface area contributed by atoms with Gasteiger partial charge in [0.05, 0.1) is 18.2 Å². The second-order valence-corrected chi connectivity index (χ2v) is 17.7. The Morgan fingerprint density at radius 1 is 1.02 bits per heavy atom. The van der Waals surface area contributed by atoms with Crippen molar-refractivity contribution in [1.29, 1.82) is 0 Å². The maximum absolute atomic E-state index is 15.2. The van der Waals surface area contributed by atoms with Crippen LogP contribution in [0.25, 0.3) is 10.8 Å². The number of benzene rings is 3. The molecule has 7 rings (SSSR count). The first-order valence-corrected chi connectivity index (χ1v) is 22.0. The number of aliphatic hydroxyl groups is 2. The lowest BCUT2D eigenvalue weighted by atomic mass is 9.55. The molecule has 0 bridgehead atoms. The molecule has 0 spiro atoms. The van der Waals surface area contributed by atoms with Crippen molar-refractivity contribution in [3.05, 3.63) is 96.1 Å². The van der Waals surface area contributed by atoms with Crippen LogP contribution in [0.1, 0.15) is 101 Å². The lowest BCUT2D eigenvalue weighted by Gasteiger charge is -2.60. The number of unbranched alkanes of at least 4 members (excludes halogenated alkanes) is 2. The van der Waals surface area contributed by atoms with E-state index < -0.39 is 17.4 Å². The molecule has 4 aliphatic rings. The van der Waals surface area contributed by atoms with Crippen molar-refractivity contribution in [1.82, 2.24) is 9.80 Å². The van der Waals surface area contributed by atoms with Gasteiger partial charge in [0.25, 0.3) is 5.91 Å². The summed E-state index contributed by atoms with van der Waals surface area (Å²) in [7, 11) is 0. The van der Waals surface area contributed by atoms with Crippen molar-refractivity contribution in [2.45, 2.75) is 102 Å².